The first-order chi connectivity index (χ1) is 22.2. The fraction of sp³-hybridized carbons (Fsp3) is 0.471. The molecule has 0 aromatic heterocycles. The van der Waals surface area contributed by atoms with Crippen molar-refractivity contribution in [3.63, 3.8) is 0 Å². The average Bonchev–Trinajstić information content (AvgIpc) is 3.95. The van der Waals surface area contributed by atoms with Crippen molar-refractivity contribution in [1.82, 2.24) is 14.9 Å². The van der Waals surface area contributed by atoms with E-state index >= 15 is 0 Å². The molecular weight excluding hydrogens is 606 g/mol. The molecule has 0 unspecified atom stereocenters. The molecule has 12 heteroatoms. The molecule has 242 valence electrons. The van der Waals surface area contributed by atoms with E-state index in [0.717, 1.165) is 47.9 Å². The van der Waals surface area contributed by atoms with Crippen LogP contribution in [0, 0.1) is 5.92 Å². The number of oxime groups is 1. The Labute approximate surface area is 268 Å². The number of sulfonamides is 1. The topological polar surface area (TPSA) is 160 Å². The Hall–Kier alpha value is -4.03. The molecule has 2 heterocycles. The normalized spacial score (nSPS) is 29.3. The average molecular weight is 646 g/mol. The molecule has 1 saturated heterocycles. The van der Waals surface area contributed by atoms with Crippen molar-refractivity contribution in [1.29, 1.82) is 0 Å². The summed E-state index contributed by atoms with van der Waals surface area (Å²) in [6.45, 7) is 0.100. The molecule has 5 atom stereocenters. The number of hydrogen-bond acceptors (Lipinski definition) is 8. The van der Waals surface area contributed by atoms with Crippen LogP contribution in [0.1, 0.15) is 68.9 Å². The van der Waals surface area contributed by atoms with E-state index in [2.05, 4.69) is 15.2 Å². The third-order valence-corrected chi connectivity index (χ3v) is 11.7. The molecule has 2 aliphatic heterocycles. The van der Waals surface area contributed by atoms with Gasteiger partial charge in [-0.25, -0.2) is 8.42 Å². The summed E-state index contributed by atoms with van der Waals surface area (Å²) in [5.74, 6) is -1.99. The first-order valence-electron chi connectivity index (χ1n) is 16.2. The second-order valence-electron chi connectivity index (χ2n) is 13.1. The number of carbonyl (C=O) groups is 3. The summed E-state index contributed by atoms with van der Waals surface area (Å²) in [5.41, 5.74) is 9.62. The van der Waals surface area contributed by atoms with E-state index in [1.807, 2.05) is 60.7 Å². The second kappa shape index (κ2) is 12.0. The zero-order valence-electron chi connectivity index (χ0n) is 25.6. The number of rotatable bonds is 5. The molecule has 46 heavy (non-hydrogen) atoms. The van der Waals surface area contributed by atoms with Crippen LogP contribution in [0.4, 0.5) is 0 Å². The highest BCUT2D eigenvalue weighted by Crippen LogP contribution is 2.46. The maximum Gasteiger partial charge on any atom is 0.259 e. The van der Waals surface area contributed by atoms with Crippen molar-refractivity contribution < 1.29 is 27.6 Å². The van der Waals surface area contributed by atoms with Crippen molar-refractivity contribution in [2.24, 2.45) is 16.8 Å². The predicted molar refractivity (Wildman–Crippen MR) is 172 cm³/mol. The largest absolute Gasteiger partial charge is 0.390 e. The molecule has 3 fully saturated rings. The molecule has 5 aliphatic rings. The van der Waals surface area contributed by atoms with Crippen LogP contribution in [0.5, 0.6) is 0 Å². The number of nitrogens with two attached hydrogens (primary N) is 1. The lowest BCUT2D eigenvalue weighted by atomic mass is 10.1. The zero-order chi connectivity index (χ0) is 32.1. The molecule has 2 saturated carbocycles. The number of nitrogens with one attached hydrogen (secondary N) is 2. The summed E-state index contributed by atoms with van der Waals surface area (Å²) >= 11 is 0. The summed E-state index contributed by atoms with van der Waals surface area (Å²) in [4.78, 5) is 48.7. The Morgan fingerprint density at radius 3 is 2.33 bits per heavy atom. The predicted octanol–water partition coefficient (Wildman–Crippen LogP) is 2.74. The maximum absolute atomic E-state index is 14.0. The number of hydrogen-bond donors (Lipinski definition) is 3. The van der Waals surface area contributed by atoms with Gasteiger partial charge in [0.15, 0.2) is 0 Å². The highest BCUT2D eigenvalue weighted by molar-refractivity contribution is 7.91. The first-order valence-corrected chi connectivity index (χ1v) is 17.8. The summed E-state index contributed by atoms with van der Waals surface area (Å²) in [6.07, 6.45) is 8.51. The van der Waals surface area contributed by atoms with Gasteiger partial charge in [-0.05, 0) is 49.7 Å². The van der Waals surface area contributed by atoms with Gasteiger partial charge in [0.25, 0.3) is 5.91 Å². The van der Waals surface area contributed by atoms with Crippen molar-refractivity contribution >= 4 is 33.5 Å². The quantitative estimate of drug-likeness (QED) is 0.284. The molecule has 2 aromatic carbocycles. The van der Waals surface area contributed by atoms with Gasteiger partial charge >= 0.3 is 0 Å². The molecule has 4 N–H and O–H groups in total. The lowest BCUT2D eigenvalue weighted by Crippen LogP contribution is -2.57. The van der Waals surface area contributed by atoms with Crippen molar-refractivity contribution in [2.45, 2.75) is 86.8 Å². The molecule has 2 aromatic rings. The van der Waals surface area contributed by atoms with Crippen molar-refractivity contribution in [3.05, 3.63) is 71.8 Å². The maximum atomic E-state index is 14.0. The number of nitrogens with zero attached hydrogens (tertiary/aromatic N) is 2. The van der Waals surface area contributed by atoms with Crippen LogP contribution in [0.25, 0.3) is 11.1 Å². The summed E-state index contributed by atoms with van der Waals surface area (Å²) in [7, 11) is -3.82. The molecule has 3 amide bonds. The lowest BCUT2D eigenvalue weighted by molar-refractivity contribution is -0.140. The van der Waals surface area contributed by atoms with E-state index in [9.17, 15) is 22.8 Å². The minimum atomic E-state index is -3.82. The Bertz CT molecular complexity index is 1690. The monoisotopic (exact) mass is 645 g/mol. The van der Waals surface area contributed by atoms with Crippen LogP contribution in [-0.4, -0.2) is 72.3 Å². The number of allylic oxidation sites excluding steroid dienone is 1. The van der Waals surface area contributed by atoms with Gasteiger partial charge in [-0.1, -0.05) is 78.7 Å². The minimum absolute atomic E-state index is 0.100. The van der Waals surface area contributed by atoms with Crippen LogP contribution in [0.2, 0.25) is 0 Å². The van der Waals surface area contributed by atoms with E-state index < -0.39 is 50.8 Å². The van der Waals surface area contributed by atoms with Crippen molar-refractivity contribution in [3.8, 4) is 11.1 Å². The van der Waals surface area contributed by atoms with Gasteiger partial charge in [0.1, 0.15) is 23.4 Å². The molecular formula is C34H39N5O6S. The van der Waals surface area contributed by atoms with E-state index in [1.165, 1.54) is 4.90 Å². The Balaban J connectivity index is 1.15. The van der Waals surface area contributed by atoms with E-state index in [4.69, 9.17) is 10.6 Å². The van der Waals surface area contributed by atoms with Gasteiger partial charge < -0.3 is 20.8 Å². The standard InChI is InChI=1S/C34H39N5O6S/c35-28-15-5-3-1-2-4-10-21-19-34(21,33(42)38-46(43,44)23-16-17-23)36-31(40)29-18-22(20-39(29)32(28)41)45-37-30-26-13-8-6-11-24(26)25-12-7-9-14-27(25)30/h4,6-14,21-23,28-29H,1-3,5,15-20,35H2,(H,36,40)(H,38,42)/t21-,22-,28+,29+,34-/m1/s1. The molecule has 0 bridgehead atoms. The second-order valence-corrected chi connectivity index (χ2v) is 15.1. The Morgan fingerprint density at radius 2 is 1.65 bits per heavy atom. The Kier molecular flexibility index (Phi) is 7.96. The van der Waals surface area contributed by atoms with Gasteiger partial charge in [0.05, 0.1) is 17.8 Å². The fourth-order valence-corrected chi connectivity index (χ4v) is 8.32. The third kappa shape index (κ3) is 5.72. The number of amides is 3. The van der Waals surface area contributed by atoms with E-state index in [0.29, 0.717) is 25.0 Å². The van der Waals surface area contributed by atoms with Gasteiger partial charge in [-0.2, -0.15) is 0 Å². The van der Waals surface area contributed by atoms with Crippen LogP contribution >= 0.6 is 0 Å². The molecule has 7 rings (SSSR count). The Morgan fingerprint density at radius 1 is 0.978 bits per heavy atom. The van der Waals surface area contributed by atoms with Gasteiger partial charge in [-0.3, -0.25) is 19.1 Å². The SMILES string of the molecule is N[C@H]1CCCCCC=C[C@@H]2C[C@@]2(C(=O)NS(=O)(=O)C2CC2)NC(=O)[C@@H]2C[C@@H](ON=C3c4ccccc4-c4ccccc43)CN2C1=O. The minimum Gasteiger partial charge on any atom is -0.390 e. The molecule has 0 spiro atoms. The smallest absolute Gasteiger partial charge is 0.259 e. The van der Waals surface area contributed by atoms with Gasteiger partial charge in [-0.15, -0.1) is 0 Å². The summed E-state index contributed by atoms with van der Waals surface area (Å²) in [5, 5.41) is 6.86. The molecule has 3 aliphatic carbocycles. The van der Waals surface area contributed by atoms with Gasteiger partial charge in [0.2, 0.25) is 21.8 Å². The van der Waals surface area contributed by atoms with E-state index in [-0.39, 0.29) is 31.2 Å². The molecule has 11 nitrogen and oxygen atoms in total. The fourth-order valence-electron chi connectivity index (χ4n) is 6.95. The van der Waals surface area contributed by atoms with Crippen LogP contribution in [0.3, 0.4) is 0 Å². The third-order valence-electron chi connectivity index (χ3n) is 9.83. The summed E-state index contributed by atoms with van der Waals surface area (Å²) in [6, 6.07) is 14.1. The van der Waals surface area contributed by atoms with E-state index in [1.54, 1.807) is 0 Å². The van der Waals surface area contributed by atoms with Gasteiger partial charge in [0, 0.05) is 23.5 Å². The number of benzene rings is 2. The highest BCUT2D eigenvalue weighted by atomic mass is 32.2. The van der Waals surface area contributed by atoms with Crippen LogP contribution in [0.15, 0.2) is 65.8 Å². The van der Waals surface area contributed by atoms with Crippen molar-refractivity contribution in [2.75, 3.05) is 6.54 Å². The number of fused-ring (bicyclic) bond motifs is 5. The van der Waals surface area contributed by atoms with Crippen LogP contribution in [-0.2, 0) is 29.2 Å². The zero-order valence-corrected chi connectivity index (χ0v) is 26.4. The summed E-state index contributed by atoms with van der Waals surface area (Å²) < 4.78 is 27.6. The number of carbonyl (C=O) groups excluding carboxylic acids is 3. The first kappa shape index (κ1) is 30.6. The highest BCUT2D eigenvalue weighted by Gasteiger charge is 2.62. The van der Waals surface area contributed by atoms with Crippen LogP contribution < -0.4 is 15.8 Å². The lowest BCUT2D eigenvalue weighted by Gasteiger charge is -2.28. The molecule has 0 radical (unpaired) electrons.